The summed E-state index contributed by atoms with van der Waals surface area (Å²) in [6, 6.07) is -5.09. The number of carbonyl (C=O) groups excluding carboxylic acids is 3. The lowest BCUT2D eigenvalue weighted by atomic mass is 10.1. The molecule has 0 aliphatic heterocycles. The van der Waals surface area contributed by atoms with Crippen LogP contribution in [0.5, 0.6) is 0 Å². The van der Waals surface area contributed by atoms with Crippen molar-refractivity contribution in [2.75, 3.05) is 13.1 Å². The van der Waals surface area contributed by atoms with E-state index >= 15 is 0 Å². The number of imidazole rings is 1. The first-order valence-electron chi connectivity index (χ1n) is 12.5. The van der Waals surface area contributed by atoms with Gasteiger partial charge >= 0.3 is 5.97 Å². The van der Waals surface area contributed by atoms with Crippen LogP contribution in [0.3, 0.4) is 0 Å². The average Bonchev–Trinajstić information content (AvgIpc) is 3.38. The molecule has 0 aliphatic carbocycles. The summed E-state index contributed by atoms with van der Waals surface area (Å²) in [7, 11) is 0. The summed E-state index contributed by atoms with van der Waals surface area (Å²) in [4.78, 5) is 64.7. The van der Waals surface area contributed by atoms with Crippen molar-refractivity contribution in [2.45, 2.75) is 69.3 Å². The van der Waals surface area contributed by atoms with Crippen LogP contribution < -0.4 is 44.6 Å². The van der Waals surface area contributed by atoms with E-state index in [-0.39, 0.29) is 50.7 Å². The van der Waals surface area contributed by atoms with Crippen LogP contribution in [-0.4, -0.2) is 99.2 Å². The molecule has 1 aromatic heterocycles. The second kappa shape index (κ2) is 17.2. The molecule has 18 nitrogen and oxygen atoms in total. The Balaban J connectivity index is 2.94. The lowest BCUT2D eigenvalue weighted by molar-refractivity contribution is -0.142. The Morgan fingerprint density at radius 2 is 1.50 bits per heavy atom. The average molecular weight is 569 g/mol. The molecule has 0 spiro atoms. The Hall–Kier alpha value is -4.45. The van der Waals surface area contributed by atoms with Crippen molar-refractivity contribution in [1.29, 1.82) is 0 Å². The minimum atomic E-state index is -1.47. The Bertz CT molecular complexity index is 1020. The van der Waals surface area contributed by atoms with Gasteiger partial charge in [-0.15, -0.1) is 0 Å². The number of aromatic amines is 1. The minimum Gasteiger partial charge on any atom is -0.480 e. The number of aromatic nitrogens is 2. The van der Waals surface area contributed by atoms with Crippen molar-refractivity contribution in [2.24, 2.45) is 38.7 Å². The number of nitrogens with zero attached hydrogens (tertiary/aromatic N) is 3. The molecule has 18 heteroatoms. The second-order valence-corrected chi connectivity index (χ2v) is 8.97. The molecule has 40 heavy (non-hydrogen) atoms. The zero-order valence-corrected chi connectivity index (χ0v) is 22.2. The number of hydrogen-bond acceptors (Lipinski definition) is 9. The fourth-order valence-corrected chi connectivity index (χ4v) is 3.44. The second-order valence-electron chi connectivity index (χ2n) is 8.97. The van der Waals surface area contributed by atoms with E-state index in [1.807, 2.05) is 0 Å². The molecule has 3 amide bonds. The van der Waals surface area contributed by atoms with Gasteiger partial charge in [-0.3, -0.25) is 24.4 Å². The number of carbonyl (C=O) groups is 4. The van der Waals surface area contributed by atoms with E-state index in [9.17, 15) is 29.4 Å². The number of hydrogen-bond donors (Lipinski definition) is 11. The Morgan fingerprint density at radius 1 is 0.925 bits per heavy atom. The van der Waals surface area contributed by atoms with E-state index in [2.05, 4.69) is 35.9 Å². The minimum absolute atomic E-state index is 0.00993. The van der Waals surface area contributed by atoms with E-state index in [1.54, 1.807) is 0 Å². The Labute approximate surface area is 230 Å². The van der Waals surface area contributed by atoms with Crippen LogP contribution in [0.25, 0.3) is 0 Å². The molecular weight excluding hydrogens is 528 g/mol. The third-order valence-corrected chi connectivity index (χ3v) is 5.54. The highest BCUT2D eigenvalue weighted by atomic mass is 16.4. The Morgan fingerprint density at radius 3 is 2.00 bits per heavy atom. The van der Waals surface area contributed by atoms with Gasteiger partial charge in [-0.05, 0) is 32.6 Å². The van der Waals surface area contributed by atoms with Crippen molar-refractivity contribution < 1.29 is 29.4 Å². The molecule has 5 atom stereocenters. The molecule has 0 bridgehead atoms. The summed E-state index contributed by atoms with van der Waals surface area (Å²) in [5.41, 5.74) is 27.4. The first-order valence-corrected chi connectivity index (χ1v) is 12.5. The molecule has 0 aromatic carbocycles. The lowest BCUT2D eigenvalue weighted by Crippen LogP contribution is -2.60. The highest BCUT2D eigenvalue weighted by molar-refractivity contribution is 5.94. The molecule has 16 N–H and O–H groups in total. The normalized spacial score (nSPS) is 14.5. The third kappa shape index (κ3) is 12.9. The zero-order valence-electron chi connectivity index (χ0n) is 22.2. The summed E-state index contributed by atoms with van der Waals surface area (Å²) in [5, 5.41) is 27.0. The molecule has 224 valence electrons. The van der Waals surface area contributed by atoms with E-state index in [4.69, 9.17) is 28.7 Å². The summed E-state index contributed by atoms with van der Waals surface area (Å²) in [6.45, 7) is 1.68. The molecule has 0 fully saturated rings. The van der Waals surface area contributed by atoms with Gasteiger partial charge in [-0.25, -0.2) is 9.78 Å². The summed E-state index contributed by atoms with van der Waals surface area (Å²) >= 11 is 0. The predicted molar refractivity (Wildman–Crippen MR) is 145 cm³/mol. The lowest BCUT2D eigenvalue weighted by Gasteiger charge is -2.26. The van der Waals surface area contributed by atoms with Crippen LogP contribution >= 0.6 is 0 Å². The van der Waals surface area contributed by atoms with Gasteiger partial charge in [0.15, 0.2) is 11.9 Å². The number of carboxylic acid groups (broad SMARTS) is 1. The smallest absolute Gasteiger partial charge is 0.326 e. The summed E-state index contributed by atoms with van der Waals surface area (Å²) < 4.78 is 0. The number of amides is 3. The fraction of sp³-hybridized carbons (Fsp3) is 0.591. The van der Waals surface area contributed by atoms with Gasteiger partial charge in [0.2, 0.25) is 17.7 Å². The quantitative estimate of drug-likeness (QED) is 0.0452. The number of aliphatic hydroxyl groups is 1. The van der Waals surface area contributed by atoms with Crippen LogP contribution in [0, 0.1) is 0 Å². The van der Waals surface area contributed by atoms with Crippen molar-refractivity contribution >= 4 is 35.6 Å². The monoisotopic (exact) mass is 568 g/mol. The van der Waals surface area contributed by atoms with E-state index in [0.717, 1.165) is 0 Å². The highest BCUT2D eigenvalue weighted by Gasteiger charge is 2.32. The number of aliphatic imine (C=N–C) groups is 2. The fourth-order valence-electron chi connectivity index (χ4n) is 3.44. The summed E-state index contributed by atoms with van der Waals surface area (Å²) in [6.07, 6.45) is 2.18. The van der Waals surface area contributed by atoms with Gasteiger partial charge in [-0.1, -0.05) is 0 Å². The maximum Gasteiger partial charge on any atom is 0.326 e. The van der Waals surface area contributed by atoms with Gasteiger partial charge in [0.05, 0.1) is 18.5 Å². The largest absolute Gasteiger partial charge is 0.480 e. The summed E-state index contributed by atoms with van der Waals surface area (Å²) in [5.74, 6) is -3.97. The first kappa shape index (κ1) is 33.6. The number of rotatable bonds is 18. The van der Waals surface area contributed by atoms with E-state index < -0.39 is 54.0 Å². The molecule has 0 unspecified atom stereocenters. The molecule has 1 heterocycles. The van der Waals surface area contributed by atoms with E-state index in [1.165, 1.54) is 19.4 Å². The van der Waals surface area contributed by atoms with Crippen LogP contribution in [0.2, 0.25) is 0 Å². The van der Waals surface area contributed by atoms with Crippen molar-refractivity contribution in [3.05, 3.63) is 18.2 Å². The van der Waals surface area contributed by atoms with Crippen molar-refractivity contribution in [3.63, 3.8) is 0 Å². The highest BCUT2D eigenvalue weighted by Crippen LogP contribution is 2.05. The SMILES string of the molecule is C[C@@H](O)[C@H](NC(=O)[C@@H](N)CCCN=C(N)N)C(=O)N[C@@H](Cc1cnc[nH]1)C(=O)N[C@@H](CCCN=C(N)N)C(=O)O. The molecule has 0 radical (unpaired) electrons. The molecule has 0 saturated carbocycles. The van der Waals surface area contributed by atoms with Crippen LogP contribution in [0.15, 0.2) is 22.5 Å². The van der Waals surface area contributed by atoms with Crippen LogP contribution in [0.4, 0.5) is 0 Å². The number of H-pyrrole nitrogens is 1. The maximum atomic E-state index is 13.1. The first-order chi connectivity index (χ1) is 18.8. The van der Waals surface area contributed by atoms with Gasteiger partial charge in [0.25, 0.3) is 0 Å². The number of aliphatic hydroxyl groups excluding tert-OH is 1. The van der Waals surface area contributed by atoms with Gasteiger partial charge in [0, 0.05) is 31.4 Å². The van der Waals surface area contributed by atoms with Crippen molar-refractivity contribution in [1.82, 2.24) is 25.9 Å². The number of nitrogens with two attached hydrogens (primary N) is 5. The topological polar surface area (TPSA) is 328 Å². The van der Waals surface area contributed by atoms with Crippen LogP contribution in [0.1, 0.15) is 38.3 Å². The number of nitrogens with one attached hydrogen (secondary N) is 4. The number of guanidine groups is 2. The zero-order chi connectivity index (χ0) is 30.2. The maximum absolute atomic E-state index is 13.1. The van der Waals surface area contributed by atoms with Gasteiger partial charge < -0.3 is 59.8 Å². The van der Waals surface area contributed by atoms with Crippen molar-refractivity contribution in [3.8, 4) is 0 Å². The van der Waals surface area contributed by atoms with Gasteiger partial charge in [0.1, 0.15) is 18.1 Å². The standard InChI is InChI=1S/C22H40N12O6/c1-11(35)16(34-17(36)13(23)4-2-6-29-21(24)25)19(38)33-15(8-12-9-28-10-31-12)18(37)32-14(20(39)40)5-3-7-30-22(26)27/h9-11,13-16,35H,2-8,23H2,1H3,(H,28,31)(H,32,37)(H,33,38)(H,34,36)(H,39,40)(H4,24,25,29)(H4,26,27,30)/t11-,13+,14+,15+,16+/m1/s1. The number of aliphatic carboxylic acids is 1. The molecule has 0 saturated heterocycles. The third-order valence-electron chi connectivity index (χ3n) is 5.54. The van der Waals surface area contributed by atoms with Crippen LogP contribution in [-0.2, 0) is 25.6 Å². The molecule has 0 aliphatic rings. The molecule has 1 aromatic rings. The number of carboxylic acids is 1. The Kier molecular flexibility index (Phi) is 14.4. The van der Waals surface area contributed by atoms with E-state index in [0.29, 0.717) is 12.1 Å². The molecular formula is C22H40N12O6. The predicted octanol–water partition coefficient (Wildman–Crippen LogP) is -4.69. The molecule has 1 rings (SSSR count). The van der Waals surface area contributed by atoms with Gasteiger partial charge in [-0.2, -0.15) is 0 Å².